The summed E-state index contributed by atoms with van der Waals surface area (Å²) in [5.41, 5.74) is 0.587. The van der Waals surface area contributed by atoms with Crippen LogP contribution < -0.4 is 19.5 Å². The minimum atomic E-state index is -1.01. The van der Waals surface area contributed by atoms with Crippen molar-refractivity contribution in [2.45, 2.75) is 19.4 Å². The molecule has 0 aromatic heterocycles. The van der Waals surface area contributed by atoms with Crippen LogP contribution in [0.15, 0.2) is 12.1 Å². The Bertz CT molecular complexity index is 526. The number of fused-ring (bicyclic) bond motifs is 1. The zero-order chi connectivity index (χ0) is 14.7. The maximum atomic E-state index is 11.2. The van der Waals surface area contributed by atoms with Crippen molar-refractivity contribution in [3.63, 3.8) is 0 Å². The second-order valence-electron chi connectivity index (χ2n) is 4.31. The van der Waals surface area contributed by atoms with E-state index in [2.05, 4.69) is 5.32 Å². The summed E-state index contributed by atoms with van der Waals surface area (Å²) in [6.07, 6.45) is -0.234. The lowest BCUT2D eigenvalue weighted by Crippen LogP contribution is -2.28. The number of ether oxygens (including phenoxy) is 3. The van der Waals surface area contributed by atoms with Crippen LogP contribution >= 0.6 is 0 Å². The van der Waals surface area contributed by atoms with Crippen molar-refractivity contribution < 1.29 is 28.9 Å². The molecule has 108 valence electrons. The van der Waals surface area contributed by atoms with E-state index < -0.39 is 12.0 Å². The van der Waals surface area contributed by atoms with Crippen LogP contribution in [0.25, 0.3) is 0 Å². The van der Waals surface area contributed by atoms with Gasteiger partial charge in [0.05, 0.1) is 19.6 Å². The van der Waals surface area contributed by atoms with Crippen molar-refractivity contribution in [3.8, 4) is 17.2 Å². The highest BCUT2D eigenvalue weighted by Crippen LogP contribution is 2.43. The van der Waals surface area contributed by atoms with Gasteiger partial charge in [-0.15, -0.1) is 0 Å². The third-order valence-corrected chi connectivity index (χ3v) is 2.84. The third kappa shape index (κ3) is 2.93. The van der Waals surface area contributed by atoms with Crippen molar-refractivity contribution in [3.05, 3.63) is 17.7 Å². The van der Waals surface area contributed by atoms with E-state index in [-0.39, 0.29) is 19.1 Å². The molecule has 1 amide bonds. The van der Waals surface area contributed by atoms with E-state index in [1.165, 1.54) is 14.0 Å². The number of hydrogen-bond donors (Lipinski definition) is 2. The number of carbonyl (C=O) groups excluding carboxylic acids is 1. The molecular formula is C13H15NO6. The van der Waals surface area contributed by atoms with Crippen molar-refractivity contribution >= 4 is 11.9 Å². The maximum Gasteiger partial charge on any atom is 0.305 e. The van der Waals surface area contributed by atoms with E-state index in [9.17, 15) is 9.59 Å². The molecular weight excluding hydrogens is 266 g/mol. The van der Waals surface area contributed by atoms with Crippen LogP contribution in [0.2, 0.25) is 0 Å². The highest BCUT2D eigenvalue weighted by Gasteiger charge is 2.24. The van der Waals surface area contributed by atoms with Crippen LogP contribution in [0.4, 0.5) is 0 Å². The molecule has 0 unspecified atom stereocenters. The first-order chi connectivity index (χ1) is 9.51. The smallest absolute Gasteiger partial charge is 0.305 e. The minimum absolute atomic E-state index is 0.0822. The van der Waals surface area contributed by atoms with Gasteiger partial charge in [0.15, 0.2) is 11.5 Å². The van der Waals surface area contributed by atoms with Gasteiger partial charge < -0.3 is 24.6 Å². The maximum absolute atomic E-state index is 11.2. The molecule has 1 aromatic rings. The first kappa shape index (κ1) is 14.0. The molecule has 0 bridgehead atoms. The molecule has 2 rings (SSSR count). The van der Waals surface area contributed by atoms with Gasteiger partial charge in [0, 0.05) is 6.92 Å². The van der Waals surface area contributed by atoms with E-state index >= 15 is 0 Å². The van der Waals surface area contributed by atoms with E-state index in [4.69, 9.17) is 19.3 Å². The van der Waals surface area contributed by atoms with Gasteiger partial charge in [-0.05, 0) is 17.7 Å². The molecule has 1 atom stereocenters. The molecule has 20 heavy (non-hydrogen) atoms. The summed E-state index contributed by atoms with van der Waals surface area (Å²) in [4.78, 5) is 22.1. The number of carboxylic acids is 1. The van der Waals surface area contributed by atoms with Crippen LogP contribution in [-0.4, -0.2) is 30.9 Å². The molecule has 0 saturated carbocycles. The second-order valence-corrected chi connectivity index (χ2v) is 4.31. The van der Waals surface area contributed by atoms with Gasteiger partial charge in [-0.3, -0.25) is 9.59 Å². The Balaban J connectivity index is 2.37. The average Bonchev–Trinajstić information content (AvgIpc) is 2.83. The summed E-state index contributed by atoms with van der Waals surface area (Å²) in [5, 5.41) is 11.5. The minimum Gasteiger partial charge on any atom is -0.493 e. The fraction of sp³-hybridized carbons (Fsp3) is 0.385. The number of amides is 1. The SMILES string of the molecule is COc1cc([C@H](CC(=O)O)NC(C)=O)cc2c1OCO2. The number of methoxy groups -OCH3 is 1. The number of carboxylic acid groups (broad SMARTS) is 1. The van der Waals surface area contributed by atoms with E-state index in [0.29, 0.717) is 22.8 Å². The lowest BCUT2D eigenvalue weighted by Gasteiger charge is -2.18. The summed E-state index contributed by atoms with van der Waals surface area (Å²) >= 11 is 0. The lowest BCUT2D eigenvalue weighted by atomic mass is 10.0. The van der Waals surface area contributed by atoms with Crippen LogP contribution in [0.3, 0.4) is 0 Å². The summed E-state index contributed by atoms with van der Waals surface area (Å²) < 4.78 is 15.7. The molecule has 1 aliphatic rings. The molecule has 1 aliphatic heterocycles. The van der Waals surface area contributed by atoms with Crippen LogP contribution in [0, 0.1) is 0 Å². The summed E-state index contributed by atoms with van der Waals surface area (Å²) in [6, 6.07) is 2.62. The zero-order valence-electron chi connectivity index (χ0n) is 11.1. The number of benzene rings is 1. The van der Waals surface area contributed by atoms with E-state index in [1.54, 1.807) is 12.1 Å². The monoisotopic (exact) mass is 281 g/mol. The highest BCUT2D eigenvalue weighted by molar-refractivity contribution is 5.75. The molecule has 0 radical (unpaired) electrons. The van der Waals surface area contributed by atoms with Gasteiger partial charge in [0.25, 0.3) is 0 Å². The van der Waals surface area contributed by atoms with Gasteiger partial charge >= 0.3 is 5.97 Å². The van der Waals surface area contributed by atoms with E-state index in [0.717, 1.165) is 0 Å². The van der Waals surface area contributed by atoms with E-state index in [1.807, 2.05) is 0 Å². The molecule has 2 N–H and O–H groups in total. The Morgan fingerprint density at radius 1 is 1.45 bits per heavy atom. The summed E-state index contributed by atoms with van der Waals surface area (Å²) in [7, 11) is 1.48. The topological polar surface area (TPSA) is 94.1 Å². The quantitative estimate of drug-likeness (QED) is 0.838. The molecule has 7 heteroatoms. The number of rotatable bonds is 5. The second kappa shape index (κ2) is 5.68. The van der Waals surface area contributed by atoms with Crippen molar-refractivity contribution in [2.75, 3.05) is 13.9 Å². The van der Waals surface area contributed by atoms with Gasteiger partial charge in [-0.2, -0.15) is 0 Å². The normalized spacial score (nSPS) is 13.7. The molecule has 7 nitrogen and oxygen atoms in total. The largest absolute Gasteiger partial charge is 0.493 e. The average molecular weight is 281 g/mol. The van der Waals surface area contributed by atoms with Crippen LogP contribution in [0.5, 0.6) is 17.2 Å². The fourth-order valence-electron chi connectivity index (χ4n) is 2.02. The molecule has 1 aromatic carbocycles. The Hall–Kier alpha value is -2.44. The molecule has 1 heterocycles. The van der Waals surface area contributed by atoms with Gasteiger partial charge in [-0.1, -0.05) is 0 Å². The van der Waals surface area contributed by atoms with Crippen LogP contribution in [-0.2, 0) is 9.59 Å². The highest BCUT2D eigenvalue weighted by atomic mass is 16.7. The number of aliphatic carboxylic acids is 1. The fourth-order valence-corrected chi connectivity index (χ4v) is 2.02. The summed E-state index contributed by atoms with van der Waals surface area (Å²) in [5.74, 6) is 0.0669. The number of nitrogens with one attached hydrogen (secondary N) is 1. The Morgan fingerprint density at radius 3 is 2.80 bits per heavy atom. The first-order valence-electron chi connectivity index (χ1n) is 5.97. The zero-order valence-corrected chi connectivity index (χ0v) is 11.1. The lowest BCUT2D eigenvalue weighted by molar-refractivity contribution is -0.137. The third-order valence-electron chi connectivity index (χ3n) is 2.84. The molecule has 0 aliphatic carbocycles. The number of hydrogen-bond acceptors (Lipinski definition) is 5. The van der Waals surface area contributed by atoms with Crippen molar-refractivity contribution in [1.82, 2.24) is 5.32 Å². The van der Waals surface area contributed by atoms with Crippen molar-refractivity contribution in [2.24, 2.45) is 0 Å². The van der Waals surface area contributed by atoms with Gasteiger partial charge in [0.1, 0.15) is 0 Å². The van der Waals surface area contributed by atoms with Crippen LogP contribution in [0.1, 0.15) is 24.9 Å². The Morgan fingerprint density at radius 2 is 2.20 bits per heavy atom. The molecule has 0 spiro atoms. The molecule has 0 saturated heterocycles. The standard InChI is InChI=1S/C13H15NO6/c1-7(15)14-9(5-12(16)17)8-3-10(18-2)13-11(4-8)19-6-20-13/h3-4,9H,5-6H2,1-2H3,(H,14,15)(H,16,17)/t9-/m0/s1. The predicted octanol–water partition coefficient (Wildman–Crippen LogP) is 1.08. The Labute approximate surface area is 115 Å². The number of carbonyl (C=O) groups is 2. The van der Waals surface area contributed by atoms with Gasteiger partial charge in [-0.25, -0.2) is 0 Å². The van der Waals surface area contributed by atoms with Crippen molar-refractivity contribution in [1.29, 1.82) is 0 Å². The molecule has 0 fully saturated rings. The summed E-state index contributed by atoms with van der Waals surface area (Å²) in [6.45, 7) is 1.41. The first-order valence-corrected chi connectivity index (χ1v) is 5.97. The predicted molar refractivity (Wildman–Crippen MR) is 67.9 cm³/mol. The van der Waals surface area contributed by atoms with Gasteiger partial charge in [0.2, 0.25) is 18.4 Å². The Kier molecular flexibility index (Phi) is 3.97.